The molecule has 0 amide bonds. The molecule has 0 aliphatic heterocycles. The molecule has 12 rings (SSSR count). The monoisotopic (exact) mass is 792 g/mol. The SMILES string of the molecule is c1ccc(-c2cc(-c3ccccc3)nc(-c3ccc4c(-c5ccccc5)c5cc(-c6ccc7c(c6)C6(CCCCC6)c6ccccc6-7)ccc5c(-c5ccccc5)c4c3)n2)cc1. The van der Waals surface area contributed by atoms with Crippen LogP contribution in [0.15, 0.2) is 206 Å². The molecule has 1 saturated carbocycles. The number of rotatable bonds is 6. The van der Waals surface area contributed by atoms with Crippen molar-refractivity contribution in [1.82, 2.24) is 9.97 Å². The normalized spacial score (nSPS) is 13.9. The van der Waals surface area contributed by atoms with Gasteiger partial charge in [0.15, 0.2) is 5.82 Å². The maximum absolute atomic E-state index is 5.26. The van der Waals surface area contributed by atoms with Crippen LogP contribution in [0.4, 0.5) is 0 Å². The van der Waals surface area contributed by atoms with Crippen LogP contribution >= 0.6 is 0 Å². The van der Waals surface area contributed by atoms with Crippen LogP contribution in [0.3, 0.4) is 0 Å². The maximum atomic E-state index is 5.26. The second-order valence-electron chi connectivity index (χ2n) is 17.1. The molecule has 2 aliphatic rings. The Morgan fingerprint density at radius 3 is 1.34 bits per heavy atom. The van der Waals surface area contributed by atoms with E-state index in [-0.39, 0.29) is 5.41 Å². The second kappa shape index (κ2) is 14.9. The number of benzene rings is 9. The van der Waals surface area contributed by atoms with Gasteiger partial charge < -0.3 is 0 Å². The van der Waals surface area contributed by atoms with E-state index >= 15 is 0 Å². The molecule has 294 valence electrons. The number of aromatic nitrogens is 2. The summed E-state index contributed by atoms with van der Waals surface area (Å²) in [6, 6.07) is 75.4. The highest BCUT2D eigenvalue weighted by atomic mass is 14.9. The number of hydrogen-bond donors (Lipinski definition) is 0. The van der Waals surface area contributed by atoms with Crippen LogP contribution in [0.5, 0.6) is 0 Å². The van der Waals surface area contributed by atoms with E-state index in [4.69, 9.17) is 9.97 Å². The molecule has 0 atom stereocenters. The molecular weight excluding hydrogens is 749 g/mol. The number of hydrogen-bond acceptors (Lipinski definition) is 2. The molecule has 1 fully saturated rings. The highest BCUT2D eigenvalue weighted by Gasteiger charge is 2.43. The van der Waals surface area contributed by atoms with E-state index in [9.17, 15) is 0 Å². The molecule has 0 bridgehead atoms. The third-order valence-electron chi connectivity index (χ3n) is 13.7. The highest BCUT2D eigenvalue weighted by molar-refractivity contribution is 6.22. The molecule has 10 aromatic rings. The van der Waals surface area contributed by atoms with Gasteiger partial charge in [0, 0.05) is 22.1 Å². The van der Waals surface area contributed by atoms with E-state index in [1.807, 2.05) is 12.1 Å². The minimum Gasteiger partial charge on any atom is -0.228 e. The first kappa shape index (κ1) is 36.4. The summed E-state index contributed by atoms with van der Waals surface area (Å²) in [4.78, 5) is 10.5. The lowest BCUT2D eigenvalue weighted by atomic mass is 9.67. The Morgan fingerprint density at radius 1 is 0.306 bits per heavy atom. The summed E-state index contributed by atoms with van der Waals surface area (Å²) in [6.45, 7) is 0. The van der Waals surface area contributed by atoms with E-state index in [1.165, 1.54) is 109 Å². The minimum atomic E-state index is 0.104. The van der Waals surface area contributed by atoms with Crippen molar-refractivity contribution < 1.29 is 0 Å². The van der Waals surface area contributed by atoms with E-state index in [0.717, 1.165) is 28.1 Å². The molecule has 0 N–H and O–H groups in total. The van der Waals surface area contributed by atoms with Gasteiger partial charge in [-0.25, -0.2) is 9.97 Å². The minimum absolute atomic E-state index is 0.104. The molecule has 1 spiro atoms. The fourth-order valence-electron chi connectivity index (χ4n) is 10.8. The molecule has 62 heavy (non-hydrogen) atoms. The maximum Gasteiger partial charge on any atom is 0.160 e. The zero-order chi connectivity index (χ0) is 41.0. The molecule has 1 heterocycles. The predicted octanol–water partition coefficient (Wildman–Crippen LogP) is 16.0. The number of fused-ring (bicyclic) bond motifs is 7. The number of nitrogens with zero attached hydrogens (tertiary/aromatic N) is 2. The van der Waals surface area contributed by atoms with Crippen molar-refractivity contribution in [2.45, 2.75) is 37.5 Å². The molecular formula is C60H44N2. The lowest BCUT2D eigenvalue weighted by Crippen LogP contribution is -2.28. The topological polar surface area (TPSA) is 25.8 Å². The average Bonchev–Trinajstić information content (AvgIpc) is 3.61. The zero-order valence-corrected chi connectivity index (χ0v) is 34.6. The van der Waals surface area contributed by atoms with Gasteiger partial charge >= 0.3 is 0 Å². The van der Waals surface area contributed by atoms with Crippen molar-refractivity contribution >= 4 is 21.5 Å². The largest absolute Gasteiger partial charge is 0.228 e. The van der Waals surface area contributed by atoms with E-state index in [1.54, 1.807) is 0 Å². The van der Waals surface area contributed by atoms with Crippen molar-refractivity contribution in [1.29, 1.82) is 0 Å². The van der Waals surface area contributed by atoms with E-state index in [0.29, 0.717) is 5.82 Å². The van der Waals surface area contributed by atoms with Gasteiger partial charge in [0.2, 0.25) is 0 Å². The van der Waals surface area contributed by atoms with Crippen LogP contribution in [-0.2, 0) is 5.41 Å². The Kier molecular flexibility index (Phi) is 8.78. The third-order valence-corrected chi connectivity index (χ3v) is 13.7. The zero-order valence-electron chi connectivity index (χ0n) is 34.6. The highest BCUT2D eigenvalue weighted by Crippen LogP contribution is 2.56. The molecule has 0 unspecified atom stereocenters. The van der Waals surface area contributed by atoms with Crippen LogP contribution < -0.4 is 0 Å². The molecule has 2 heteroatoms. The quantitative estimate of drug-likeness (QED) is 0.157. The van der Waals surface area contributed by atoms with Gasteiger partial charge in [-0.1, -0.05) is 201 Å². The van der Waals surface area contributed by atoms with Gasteiger partial charge in [0.25, 0.3) is 0 Å². The molecule has 2 nitrogen and oxygen atoms in total. The second-order valence-corrected chi connectivity index (χ2v) is 17.1. The van der Waals surface area contributed by atoms with E-state index < -0.39 is 0 Å². The van der Waals surface area contributed by atoms with Crippen LogP contribution in [0.1, 0.15) is 43.2 Å². The lowest BCUT2D eigenvalue weighted by Gasteiger charge is -2.36. The van der Waals surface area contributed by atoms with Gasteiger partial charge in [0.05, 0.1) is 11.4 Å². The molecule has 2 aliphatic carbocycles. The van der Waals surface area contributed by atoms with E-state index in [2.05, 4.69) is 194 Å². The first-order chi connectivity index (χ1) is 30.7. The Labute approximate surface area is 363 Å². The summed E-state index contributed by atoms with van der Waals surface area (Å²) in [5.41, 5.74) is 18.3. The predicted molar refractivity (Wildman–Crippen MR) is 259 cm³/mol. The summed E-state index contributed by atoms with van der Waals surface area (Å²) in [5.74, 6) is 0.706. The van der Waals surface area contributed by atoms with Crippen molar-refractivity contribution in [3.8, 4) is 78.4 Å². The molecule has 0 radical (unpaired) electrons. The molecule has 1 aromatic heterocycles. The van der Waals surface area contributed by atoms with Crippen LogP contribution in [-0.4, -0.2) is 9.97 Å². The fourth-order valence-corrected chi connectivity index (χ4v) is 10.8. The van der Waals surface area contributed by atoms with Crippen LogP contribution in [0.2, 0.25) is 0 Å². The first-order valence-corrected chi connectivity index (χ1v) is 22.1. The van der Waals surface area contributed by atoms with Crippen LogP contribution in [0, 0.1) is 0 Å². The smallest absolute Gasteiger partial charge is 0.160 e. The molecule has 9 aromatic carbocycles. The summed E-state index contributed by atoms with van der Waals surface area (Å²) in [6.07, 6.45) is 6.33. The molecule has 0 saturated heterocycles. The Bertz CT molecular complexity index is 3240. The summed E-state index contributed by atoms with van der Waals surface area (Å²) in [7, 11) is 0. The Morgan fingerprint density at radius 2 is 0.758 bits per heavy atom. The van der Waals surface area contributed by atoms with Gasteiger partial charge in [-0.3, -0.25) is 0 Å². The first-order valence-electron chi connectivity index (χ1n) is 22.1. The Balaban J connectivity index is 1.10. The van der Waals surface area contributed by atoms with Crippen molar-refractivity contribution in [3.05, 3.63) is 217 Å². The Hall–Kier alpha value is -7.42. The third kappa shape index (κ3) is 6.01. The van der Waals surface area contributed by atoms with Gasteiger partial charge in [0.1, 0.15) is 0 Å². The van der Waals surface area contributed by atoms with Gasteiger partial charge in [-0.2, -0.15) is 0 Å². The van der Waals surface area contributed by atoms with Crippen molar-refractivity contribution in [2.75, 3.05) is 0 Å². The summed E-state index contributed by atoms with van der Waals surface area (Å²) < 4.78 is 0. The van der Waals surface area contributed by atoms with Crippen molar-refractivity contribution in [3.63, 3.8) is 0 Å². The summed E-state index contributed by atoms with van der Waals surface area (Å²) >= 11 is 0. The summed E-state index contributed by atoms with van der Waals surface area (Å²) in [5, 5.41) is 4.86. The van der Waals surface area contributed by atoms with Gasteiger partial charge in [-0.15, -0.1) is 0 Å². The average molecular weight is 793 g/mol. The van der Waals surface area contributed by atoms with Crippen LogP contribution in [0.25, 0.3) is 100.0 Å². The standard InChI is InChI=1S/C60H44N2/c1-6-18-40(19-7-1)55-39-56(41-20-8-2-9-21-41)62-59(61-55)46-30-33-50-52(37-46)58(43-24-12-4-13-25-43)49-32-29-44(36-51(49)57(50)42-22-10-3-11-23-42)45-28-31-48-47-26-14-15-27-53(47)60(54(48)38-45)34-16-5-17-35-60/h1-4,6-15,18-33,36-39H,5,16-17,34-35H2. The van der Waals surface area contributed by atoms with Crippen molar-refractivity contribution in [2.24, 2.45) is 0 Å². The van der Waals surface area contributed by atoms with Gasteiger partial charge in [-0.05, 0) is 114 Å². The lowest BCUT2D eigenvalue weighted by molar-refractivity contribution is 0.353. The fraction of sp³-hybridized carbons (Fsp3) is 0.100.